The molecule has 35 heavy (non-hydrogen) atoms. The van der Waals surface area contributed by atoms with E-state index in [-0.39, 0.29) is 31.5 Å². The number of carbonyl (C=O) groups is 1. The fourth-order valence-corrected chi connectivity index (χ4v) is 5.45. The van der Waals surface area contributed by atoms with Crippen molar-refractivity contribution in [3.63, 3.8) is 0 Å². The highest BCUT2D eigenvalue weighted by atomic mass is 35.5. The number of fused-ring (bicyclic) bond motifs is 1. The first-order chi connectivity index (χ1) is 16.5. The van der Waals surface area contributed by atoms with E-state index in [1.54, 1.807) is 22.7 Å². The van der Waals surface area contributed by atoms with Crippen LogP contribution in [0, 0.1) is 0 Å². The molecular formula is C23H24ClF3N4O3S. The smallest absolute Gasteiger partial charge is 0.347 e. The van der Waals surface area contributed by atoms with Gasteiger partial charge < -0.3 is 5.32 Å². The molecule has 1 aliphatic rings. The number of imidazole rings is 1. The predicted octanol–water partition coefficient (Wildman–Crippen LogP) is 4.51. The molecule has 0 bridgehead atoms. The fraction of sp³-hybridized carbons (Fsp3) is 0.391. The summed E-state index contributed by atoms with van der Waals surface area (Å²) in [5.74, 6) is -0.313. The second-order valence-corrected chi connectivity index (χ2v) is 10.8. The van der Waals surface area contributed by atoms with E-state index < -0.39 is 15.5 Å². The van der Waals surface area contributed by atoms with Crippen LogP contribution < -0.4 is 5.32 Å². The van der Waals surface area contributed by atoms with Gasteiger partial charge in [-0.25, -0.2) is 13.4 Å². The standard InChI is InChI=1S/C23H24ClF3N4O3S/c1-2-19-21(31-14-18(24)7-8-20(31)29-19)22(32)28-13-15-3-5-16(6-4-15)17-9-11-30(12-10-17)35(33,34)23(25,26)27/h3-8,14,17H,2,9-13H2,1H3,(H,28,32). The summed E-state index contributed by atoms with van der Waals surface area (Å²) in [7, 11) is -5.29. The lowest BCUT2D eigenvalue weighted by molar-refractivity contribution is -0.0494. The molecule has 1 aliphatic heterocycles. The van der Waals surface area contributed by atoms with Crippen LogP contribution >= 0.6 is 11.6 Å². The molecule has 1 aromatic carbocycles. The van der Waals surface area contributed by atoms with Crippen LogP contribution in [0.1, 0.15) is 53.0 Å². The van der Waals surface area contributed by atoms with E-state index in [9.17, 15) is 26.4 Å². The first-order valence-electron chi connectivity index (χ1n) is 11.1. The molecule has 0 spiro atoms. The SMILES string of the molecule is CCc1nc2ccc(Cl)cn2c1C(=O)NCc1ccc(C2CCN(S(=O)(=O)C(F)(F)F)CC2)cc1. The van der Waals surface area contributed by atoms with Gasteiger partial charge in [0.1, 0.15) is 11.3 Å². The number of nitrogens with one attached hydrogen (secondary N) is 1. The Morgan fingerprint density at radius 3 is 2.40 bits per heavy atom. The Hall–Kier alpha value is -2.63. The van der Waals surface area contributed by atoms with E-state index >= 15 is 0 Å². The molecule has 188 valence electrons. The summed E-state index contributed by atoms with van der Waals surface area (Å²) < 4.78 is 63.7. The van der Waals surface area contributed by atoms with Crippen LogP contribution in [0.4, 0.5) is 13.2 Å². The number of piperidine rings is 1. The lowest BCUT2D eigenvalue weighted by atomic mass is 9.90. The number of amides is 1. The minimum atomic E-state index is -5.29. The summed E-state index contributed by atoms with van der Waals surface area (Å²) >= 11 is 6.09. The number of carbonyl (C=O) groups excluding carboxylic acids is 1. The summed E-state index contributed by atoms with van der Waals surface area (Å²) in [6.07, 6.45) is 2.85. The highest BCUT2D eigenvalue weighted by Gasteiger charge is 2.50. The third-order valence-electron chi connectivity index (χ3n) is 6.20. The van der Waals surface area contributed by atoms with Crippen molar-refractivity contribution in [2.75, 3.05) is 13.1 Å². The second kappa shape index (κ2) is 9.79. The molecule has 3 heterocycles. The number of alkyl halides is 3. The number of sulfonamides is 1. The molecule has 0 radical (unpaired) electrons. The normalized spacial score (nSPS) is 16.0. The molecule has 1 amide bonds. The summed E-state index contributed by atoms with van der Waals surface area (Å²) in [5.41, 5.74) is -1.77. The average molecular weight is 529 g/mol. The zero-order valence-corrected chi connectivity index (χ0v) is 20.4. The van der Waals surface area contributed by atoms with E-state index in [2.05, 4.69) is 10.3 Å². The topological polar surface area (TPSA) is 83.8 Å². The second-order valence-electron chi connectivity index (χ2n) is 8.38. The Morgan fingerprint density at radius 2 is 1.80 bits per heavy atom. The van der Waals surface area contributed by atoms with E-state index in [0.29, 0.717) is 45.6 Å². The summed E-state index contributed by atoms with van der Waals surface area (Å²) in [6.45, 7) is 1.85. The van der Waals surface area contributed by atoms with Crippen LogP contribution in [0.25, 0.3) is 5.65 Å². The Morgan fingerprint density at radius 1 is 1.14 bits per heavy atom. The van der Waals surface area contributed by atoms with Gasteiger partial charge in [-0.2, -0.15) is 17.5 Å². The lowest BCUT2D eigenvalue weighted by Gasteiger charge is -2.31. The van der Waals surface area contributed by atoms with E-state index in [1.807, 2.05) is 31.2 Å². The van der Waals surface area contributed by atoms with Gasteiger partial charge in [-0.15, -0.1) is 0 Å². The molecule has 3 aromatic rings. The Kier molecular flexibility index (Phi) is 7.12. The van der Waals surface area contributed by atoms with Gasteiger partial charge in [0.05, 0.1) is 10.7 Å². The molecule has 12 heteroatoms. The maximum Gasteiger partial charge on any atom is 0.511 e. The zero-order valence-electron chi connectivity index (χ0n) is 18.8. The average Bonchev–Trinajstić information content (AvgIpc) is 3.20. The van der Waals surface area contributed by atoms with Crippen LogP contribution in [0.3, 0.4) is 0 Å². The van der Waals surface area contributed by atoms with Crippen molar-refractivity contribution in [1.29, 1.82) is 0 Å². The minimum Gasteiger partial charge on any atom is -0.347 e. The quantitative estimate of drug-likeness (QED) is 0.510. The highest BCUT2D eigenvalue weighted by Crippen LogP contribution is 2.34. The molecule has 1 saturated heterocycles. The number of hydrogen-bond donors (Lipinski definition) is 1. The maximum absolute atomic E-state index is 12.9. The van der Waals surface area contributed by atoms with E-state index in [1.165, 1.54) is 0 Å². The number of halogens is 4. The lowest BCUT2D eigenvalue weighted by Crippen LogP contribution is -2.44. The van der Waals surface area contributed by atoms with Crippen LogP contribution in [-0.4, -0.2) is 46.6 Å². The number of pyridine rings is 1. The molecule has 1 fully saturated rings. The summed E-state index contributed by atoms with van der Waals surface area (Å²) in [4.78, 5) is 17.4. The molecular weight excluding hydrogens is 505 g/mol. The van der Waals surface area contributed by atoms with Gasteiger partial charge in [0.15, 0.2) is 0 Å². The van der Waals surface area contributed by atoms with Gasteiger partial charge in [0.25, 0.3) is 5.91 Å². The number of aryl methyl sites for hydroxylation is 1. The van der Waals surface area contributed by atoms with Crippen molar-refractivity contribution >= 4 is 33.2 Å². The molecule has 0 unspecified atom stereocenters. The van der Waals surface area contributed by atoms with Crippen LogP contribution in [0.5, 0.6) is 0 Å². The van der Waals surface area contributed by atoms with E-state index in [4.69, 9.17) is 11.6 Å². The molecule has 0 saturated carbocycles. The van der Waals surface area contributed by atoms with Crippen LogP contribution in [0.2, 0.25) is 5.02 Å². The van der Waals surface area contributed by atoms with Crippen molar-refractivity contribution in [2.45, 2.75) is 44.2 Å². The number of rotatable bonds is 6. The van der Waals surface area contributed by atoms with Crippen molar-refractivity contribution in [1.82, 2.24) is 19.0 Å². The molecule has 4 rings (SSSR count). The predicted molar refractivity (Wildman–Crippen MR) is 126 cm³/mol. The zero-order chi connectivity index (χ0) is 25.4. The molecule has 0 aliphatic carbocycles. The molecule has 0 atom stereocenters. The Balaban J connectivity index is 1.38. The monoisotopic (exact) mass is 528 g/mol. The fourth-order valence-electron chi connectivity index (χ4n) is 4.30. The molecule has 7 nitrogen and oxygen atoms in total. The van der Waals surface area contributed by atoms with Gasteiger partial charge in [-0.3, -0.25) is 9.20 Å². The largest absolute Gasteiger partial charge is 0.511 e. The van der Waals surface area contributed by atoms with Gasteiger partial charge in [-0.1, -0.05) is 42.8 Å². The van der Waals surface area contributed by atoms with Crippen molar-refractivity contribution in [3.05, 3.63) is 70.1 Å². The minimum absolute atomic E-state index is 0.0339. The third-order valence-corrected chi connectivity index (χ3v) is 8.05. The number of nitrogens with zero attached hydrogens (tertiary/aromatic N) is 3. The molecule has 2 aromatic heterocycles. The van der Waals surface area contributed by atoms with Crippen molar-refractivity contribution in [2.24, 2.45) is 0 Å². The van der Waals surface area contributed by atoms with Crippen LogP contribution in [0.15, 0.2) is 42.6 Å². The van der Waals surface area contributed by atoms with Gasteiger partial charge in [0.2, 0.25) is 0 Å². The van der Waals surface area contributed by atoms with E-state index in [0.717, 1.165) is 11.1 Å². The summed E-state index contributed by atoms with van der Waals surface area (Å²) in [5, 5.41) is 3.39. The number of aromatic nitrogens is 2. The number of benzene rings is 1. The Labute approximate surface area is 206 Å². The first-order valence-corrected chi connectivity index (χ1v) is 12.9. The summed E-state index contributed by atoms with van der Waals surface area (Å²) in [6, 6.07) is 10.9. The van der Waals surface area contributed by atoms with Crippen molar-refractivity contribution in [3.8, 4) is 0 Å². The van der Waals surface area contributed by atoms with Crippen LogP contribution in [-0.2, 0) is 23.0 Å². The Bertz CT molecular complexity index is 1330. The third kappa shape index (κ3) is 5.17. The van der Waals surface area contributed by atoms with Crippen molar-refractivity contribution < 1.29 is 26.4 Å². The highest BCUT2D eigenvalue weighted by molar-refractivity contribution is 7.90. The van der Waals surface area contributed by atoms with Gasteiger partial charge >= 0.3 is 15.5 Å². The number of hydrogen-bond acceptors (Lipinski definition) is 4. The van der Waals surface area contributed by atoms with Gasteiger partial charge in [0, 0.05) is 25.8 Å². The maximum atomic E-state index is 12.9. The van der Waals surface area contributed by atoms with Gasteiger partial charge in [-0.05, 0) is 48.4 Å². The molecule has 1 N–H and O–H groups in total. The first kappa shape index (κ1) is 25.5.